The number of hydrogen-bond acceptors (Lipinski definition) is 3. The average molecular weight is 353 g/mol. The topological polar surface area (TPSA) is 47.6 Å². The second-order valence-electron chi connectivity index (χ2n) is 6.21. The monoisotopic (exact) mass is 353 g/mol. The van der Waals surface area contributed by atoms with Crippen LogP contribution in [0.3, 0.4) is 0 Å². The Kier molecular flexibility index (Phi) is 7.27. The fourth-order valence-corrected chi connectivity index (χ4v) is 2.72. The number of benzene rings is 2. The summed E-state index contributed by atoms with van der Waals surface area (Å²) in [5.41, 5.74) is 3.38. The second-order valence-corrected chi connectivity index (χ2v) is 6.21. The van der Waals surface area contributed by atoms with Crippen LogP contribution >= 0.6 is 0 Å². The highest BCUT2D eigenvalue weighted by atomic mass is 16.5. The fourth-order valence-electron chi connectivity index (χ4n) is 2.72. The summed E-state index contributed by atoms with van der Waals surface area (Å²) in [7, 11) is 1.59. The van der Waals surface area contributed by atoms with Crippen molar-refractivity contribution in [1.82, 2.24) is 5.32 Å². The molecule has 2 aromatic carbocycles. The van der Waals surface area contributed by atoms with Gasteiger partial charge in [0.25, 0.3) is 5.91 Å². The van der Waals surface area contributed by atoms with Crippen molar-refractivity contribution in [2.45, 2.75) is 32.7 Å². The Balaban J connectivity index is 1.97. The molecule has 0 aliphatic heterocycles. The molecule has 0 radical (unpaired) electrons. The number of hydrogen-bond donors (Lipinski definition) is 1. The van der Waals surface area contributed by atoms with Crippen molar-refractivity contribution < 1.29 is 14.3 Å². The van der Waals surface area contributed by atoms with E-state index in [-0.39, 0.29) is 18.6 Å². The Hall–Kier alpha value is -2.75. The molecule has 0 aliphatic carbocycles. The van der Waals surface area contributed by atoms with Crippen molar-refractivity contribution in [3.05, 3.63) is 71.8 Å². The van der Waals surface area contributed by atoms with Crippen LogP contribution in [0, 0.1) is 6.92 Å². The van der Waals surface area contributed by atoms with Crippen molar-refractivity contribution in [2.24, 2.45) is 0 Å². The molecule has 138 valence electrons. The lowest BCUT2D eigenvalue weighted by atomic mass is 10.0. The van der Waals surface area contributed by atoms with Crippen molar-refractivity contribution in [3.63, 3.8) is 0 Å². The van der Waals surface area contributed by atoms with Gasteiger partial charge in [-0.2, -0.15) is 0 Å². The van der Waals surface area contributed by atoms with E-state index in [2.05, 4.69) is 24.0 Å². The highest BCUT2D eigenvalue weighted by molar-refractivity contribution is 5.78. The number of nitrogens with one attached hydrogen (secondary N) is 1. The molecule has 1 amide bonds. The maximum Gasteiger partial charge on any atom is 0.258 e. The van der Waals surface area contributed by atoms with Gasteiger partial charge < -0.3 is 14.8 Å². The van der Waals surface area contributed by atoms with Gasteiger partial charge in [-0.25, -0.2) is 0 Å². The molecule has 1 N–H and O–H groups in total. The molecule has 4 heteroatoms. The minimum absolute atomic E-state index is 0.0245. The molecule has 0 aliphatic rings. The first kappa shape index (κ1) is 19.6. The zero-order valence-electron chi connectivity index (χ0n) is 15.7. The highest BCUT2D eigenvalue weighted by Crippen LogP contribution is 2.28. The quantitative estimate of drug-likeness (QED) is 0.681. The number of rotatable bonds is 9. The average Bonchev–Trinajstić information content (AvgIpc) is 2.66. The van der Waals surface area contributed by atoms with Crippen molar-refractivity contribution in [3.8, 4) is 11.5 Å². The van der Waals surface area contributed by atoms with Gasteiger partial charge in [0, 0.05) is 0 Å². The third kappa shape index (κ3) is 5.38. The van der Waals surface area contributed by atoms with Crippen LogP contribution < -0.4 is 14.8 Å². The maximum atomic E-state index is 12.3. The van der Waals surface area contributed by atoms with E-state index in [1.165, 1.54) is 5.56 Å². The van der Waals surface area contributed by atoms with Crippen molar-refractivity contribution >= 4 is 5.91 Å². The maximum absolute atomic E-state index is 12.3. The number of methoxy groups -OCH3 is 1. The summed E-state index contributed by atoms with van der Waals surface area (Å²) in [4.78, 5) is 12.3. The molecule has 1 atom stereocenters. The van der Waals surface area contributed by atoms with Gasteiger partial charge >= 0.3 is 0 Å². The number of carbonyl (C=O) groups is 1. The Bertz CT molecular complexity index is 738. The van der Waals surface area contributed by atoms with E-state index in [1.54, 1.807) is 7.11 Å². The molecule has 0 fully saturated rings. The van der Waals surface area contributed by atoms with E-state index in [9.17, 15) is 4.79 Å². The van der Waals surface area contributed by atoms with Gasteiger partial charge in [-0.05, 0) is 43.0 Å². The summed E-state index contributed by atoms with van der Waals surface area (Å²) in [5, 5.41) is 3.02. The van der Waals surface area contributed by atoms with Crippen LogP contribution in [0.25, 0.3) is 0 Å². The molecular weight excluding hydrogens is 326 g/mol. The number of allylic oxidation sites excluding steroid dienone is 1. The molecule has 0 heterocycles. The molecule has 2 aromatic rings. The van der Waals surface area contributed by atoms with Crippen LogP contribution in [0.5, 0.6) is 11.5 Å². The normalized spacial score (nSPS) is 11.5. The highest BCUT2D eigenvalue weighted by Gasteiger charge is 2.14. The molecule has 0 aromatic heterocycles. The molecule has 0 spiro atoms. The number of carbonyl (C=O) groups excluding carboxylic acids is 1. The van der Waals surface area contributed by atoms with Gasteiger partial charge in [0.15, 0.2) is 18.1 Å². The molecule has 0 bridgehead atoms. The molecule has 0 saturated heterocycles. The predicted molar refractivity (Wildman–Crippen MR) is 105 cm³/mol. The summed E-state index contributed by atoms with van der Waals surface area (Å²) in [6, 6.07) is 13.8. The molecule has 0 saturated carbocycles. The van der Waals surface area contributed by atoms with Gasteiger partial charge in [-0.15, -0.1) is 6.58 Å². The first-order valence-corrected chi connectivity index (χ1v) is 8.84. The van der Waals surface area contributed by atoms with E-state index < -0.39 is 0 Å². The van der Waals surface area contributed by atoms with Crippen LogP contribution in [0.1, 0.15) is 36.1 Å². The molecule has 4 nitrogen and oxygen atoms in total. The summed E-state index contributed by atoms with van der Waals surface area (Å²) in [6.07, 6.45) is 3.40. The Morgan fingerprint density at radius 1 is 1.19 bits per heavy atom. The van der Waals surface area contributed by atoms with E-state index in [4.69, 9.17) is 9.47 Å². The molecule has 1 unspecified atom stereocenters. The van der Waals surface area contributed by atoms with E-state index >= 15 is 0 Å². The standard InChI is InChI=1S/C22H27NO3/c1-5-7-17-10-13-20(21(14-17)25-4)26-15-22(24)23-19(6-2)18-11-8-16(3)9-12-18/h5,8-14,19H,1,6-7,15H2,2-4H3,(H,23,24). The summed E-state index contributed by atoms with van der Waals surface area (Å²) in [6.45, 7) is 7.77. The molecular formula is C22H27NO3. The number of amides is 1. The lowest BCUT2D eigenvalue weighted by Gasteiger charge is -2.18. The van der Waals surface area contributed by atoms with Crippen molar-refractivity contribution in [2.75, 3.05) is 13.7 Å². The smallest absolute Gasteiger partial charge is 0.258 e. The van der Waals surface area contributed by atoms with E-state index in [0.29, 0.717) is 11.5 Å². The van der Waals surface area contributed by atoms with Crippen LogP contribution in [0.15, 0.2) is 55.1 Å². The lowest BCUT2D eigenvalue weighted by Crippen LogP contribution is -2.32. The zero-order valence-corrected chi connectivity index (χ0v) is 15.7. The first-order valence-electron chi connectivity index (χ1n) is 8.84. The first-order chi connectivity index (χ1) is 12.6. The third-order valence-corrected chi connectivity index (χ3v) is 4.19. The van der Waals surface area contributed by atoms with Crippen LogP contribution in [-0.4, -0.2) is 19.6 Å². The third-order valence-electron chi connectivity index (χ3n) is 4.19. The van der Waals surface area contributed by atoms with E-state index in [1.807, 2.05) is 50.3 Å². The lowest BCUT2D eigenvalue weighted by molar-refractivity contribution is -0.123. The minimum atomic E-state index is -0.158. The van der Waals surface area contributed by atoms with Crippen LogP contribution in [-0.2, 0) is 11.2 Å². The fraction of sp³-hybridized carbons (Fsp3) is 0.318. The minimum Gasteiger partial charge on any atom is -0.493 e. The largest absolute Gasteiger partial charge is 0.493 e. The van der Waals surface area contributed by atoms with Gasteiger partial charge in [0.1, 0.15) is 0 Å². The zero-order chi connectivity index (χ0) is 18.9. The summed E-state index contributed by atoms with van der Waals surface area (Å²) in [5.74, 6) is 1.01. The van der Waals surface area contributed by atoms with Crippen LogP contribution in [0.2, 0.25) is 0 Å². The number of aryl methyl sites for hydroxylation is 1. The Morgan fingerprint density at radius 2 is 1.92 bits per heavy atom. The van der Waals surface area contributed by atoms with Gasteiger partial charge in [0.05, 0.1) is 13.2 Å². The Labute approximate surface area is 155 Å². The Morgan fingerprint density at radius 3 is 2.54 bits per heavy atom. The SMILES string of the molecule is C=CCc1ccc(OCC(=O)NC(CC)c2ccc(C)cc2)c(OC)c1. The molecule has 26 heavy (non-hydrogen) atoms. The van der Waals surface area contributed by atoms with Gasteiger partial charge in [0.2, 0.25) is 0 Å². The molecule has 2 rings (SSSR count). The van der Waals surface area contributed by atoms with Gasteiger partial charge in [-0.3, -0.25) is 4.79 Å². The summed E-state index contributed by atoms with van der Waals surface area (Å²) < 4.78 is 11.0. The predicted octanol–water partition coefficient (Wildman–Crippen LogP) is 4.38. The van der Waals surface area contributed by atoms with E-state index in [0.717, 1.165) is 24.0 Å². The second kappa shape index (κ2) is 9.66. The van der Waals surface area contributed by atoms with Crippen molar-refractivity contribution in [1.29, 1.82) is 0 Å². The van der Waals surface area contributed by atoms with Crippen LogP contribution in [0.4, 0.5) is 0 Å². The van der Waals surface area contributed by atoms with Gasteiger partial charge in [-0.1, -0.05) is 48.9 Å². The number of ether oxygens (including phenoxy) is 2. The summed E-state index contributed by atoms with van der Waals surface area (Å²) >= 11 is 0.